The van der Waals surface area contributed by atoms with Gasteiger partial charge in [-0.15, -0.1) is 0 Å². The molecule has 0 atom stereocenters. The van der Waals surface area contributed by atoms with Gasteiger partial charge in [-0.05, 0) is 40.7 Å². The number of methoxy groups -OCH3 is 1. The Kier molecular flexibility index (Phi) is 7.74. The topological polar surface area (TPSA) is 74.1 Å². The van der Waals surface area contributed by atoms with E-state index in [0.717, 1.165) is 13.1 Å². The van der Waals surface area contributed by atoms with Crippen LogP contribution >= 0.6 is 0 Å². The molecule has 0 heterocycles. The molecule has 0 radical (unpaired) electrons. The molecule has 1 amide bonds. The molecular weight excluding hydrogens is 330 g/mol. The molecule has 0 aliphatic rings. The van der Waals surface area contributed by atoms with Gasteiger partial charge in [0, 0.05) is 39.7 Å². The van der Waals surface area contributed by atoms with Crippen molar-refractivity contribution in [1.82, 2.24) is 9.80 Å². The van der Waals surface area contributed by atoms with Crippen LogP contribution in [-0.4, -0.2) is 77.7 Å². The fourth-order valence-electron chi connectivity index (χ4n) is 2.25. The number of nitrogens with two attached hydrogens (primary N) is 1. The van der Waals surface area contributed by atoms with E-state index in [-0.39, 0.29) is 12.9 Å². The third kappa shape index (κ3) is 6.57. The summed E-state index contributed by atoms with van der Waals surface area (Å²) in [5, 5.41) is 2.90. The first-order chi connectivity index (χ1) is 12.7. The fraction of sp³-hybridized carbons (Fsp3) is 0.526. The van der Waals surface area contributed by atoms with Gasteiger partial charge in [-0.1, -0.05) is 6.58 Å². The number of carbonyl (C=O) groups is 1. The quantitative estimate of drug-likeness (QED) is 0.486. The van der Waals surface area contributed by atoms with Crippen LogP contribution in [0.2, 0.25) is 0 Å². The Balaban J connectivity index is 3.10. The van der Waals surface area contributed by atoms with E-state index in [1.165, 1.54) is 0 Å². The molecule has 0 aromatic heterocycles. The summed E-state index contributed by atoms with van der Waals surface area (Å²) in [4.78, 5) is 18.4. The number of nitrogens with one attached hydrogen (secondary N) is 1. The van der Waals surface area contributed by atoms with Gasteiger partial charge < -0.3 is 30.5 Å². The highest BCUT2D eigenvalue weighted by Crippen LogP contribution is 2.35. The minimum atomic E-state index is -0.250. The van der Waals surface area contributed by atoms with Gasteiger partial charge in [0.1, 0.15) is 5.75 Å². The average molecular weight is 365 g/mol. The lowest BCUT2D eigenvalue weighted by molar-refractivity contribution is -0.113. The summed E-state index contributed by atoms with van der Waals surface area (Å²) in [6.45, 7) is 6.03. The Morgan fingerprint density at radius 2 is 1.88 bits per heavy atom. The van der Waals surface area contributed by atoms with Crippen molar-refractivity contribution < 1.29 is 10.9 Å². The van der Waals surface area contributed by atoms with Crippen LogP contribution in [0.4, 0.5) is 17.1 Å². The van der Waals surface area contributed by atoms with Crippen LogP contribution in [0.5, 0.6) is 5.75 Å². The first-order valence-electron chi connectivity index (χ1n) is 9.20. The second-order valence-electron chi connectivity index (χ2n) is 6.79. The third-order valence-electron chi connectivity index (χ3n) is 3.94. The number of benzene rings is 1. The molecule has 0 fully saturated rings. The first-order valence-corrected chi connectivity index (χ1v) is 8.49. The predicted octanol–water partition coefficient (Wildman–Crippen LogP) is 1.72. The van der Waals surface area contributed by atoms with Gasteiger partial charge in [0.15, 0.2) is 0 Å². The van der Waals surface area contributed by atoms with Crippen LogP contribution in [-0.2, 0) is 4.79 Å². The normalized spacial score (nSPS) is 11.4. The SMILES string of the molecule is [2H]CN(CCN(C)C)c1cc(OC)c(N)cc1NC(=O)C(=C)CCN(C)C. The maximum Gasteiger partial charge on any atom is 0.251 e. The van der Waals surface area contributed by atoms with Crippen molar-refractivity contribution in [2.75, 3.05) is 77.9 Å². The standard InChI is InChI=1S/C19H33N5O2/c1-14(8-9-22(2)3)19(25)21-16-12-15(20)18(26-7)13-17(16)24(6)11-10-23(4)5/h12-13H,1,8-11,20H2,2-7H3,(H,21,25)/i6D. The van der Waals surface area contributed by atoms with Crippen molar-refractivity contribution in [1.29, 1.82) is 0 Å². The van der Waals surface area contributed by atoms with Gasteiger partial charge in [-0.2, -0.15) is 0 Å². The van der Waals surface area contributed by atoms with Gasteiger partial charge in [0.25, 0.3) is 5.91 Å². The zero-order chi connectivity index (χ0) is 20.6. The van der Waals surface area contributed by atoms with Gasteiger partial charge in [0.2, 0.25) is 0 Å². The van der Waals surface area contributed by atoms with E-state index >= 15 is 0 Å². The van der Waals surface area contributed by atoms with E-state index in [2.05, 4.69) is 11.9 Å². The Bertz CT molecular complexity index is 649. The minimum Gasteiger partial charge on any atom is -0.495 e. The van der Waals surface area contributed by atoms with Gasteiger partial charge in [-0.25, -0.2) is 0 Å². The molecule has 1 aromatic carbocycles. The van der Waals surface area contributed by atoms with E-state index in [1.54, 1.807) is 19.2 Å². The van der Waals surface area contributed by atoms with E-state index in [9.17, 15) is 4.79 Å². The summed E-state index contributed by atoms with van der Waals surface area (Å²) >= 11 is 0. The number of hydrogen-bond acceptors (Lipinski definition) is 6. The largest absolute Gasteiger partial charge is 0.495 e. The van der Waals surface area contributed by atoms with Gasteiger partial charge in [0.05, 0.1) is 24.2 Å². The summed E-state index contributed by atoms with van der Waals surface area (Å²) in [6.07, 6.45) is 0.572. The van der Waals surface area contributed by atoms with Crippen LogP contribution in [0.15, 0.2) is 24.3 Å². The maximum absolute atomic E-state index is 12.5. The first kappa shape index (κ1) is 20.1. The molecular formula is C19H33N5O2. The predicted molar refractivity (Wildman–Crippen MR) is 110 cm³/mol. The zero-order valence-electron chi connectivity index (χ0n) is 17.6. The van der Waals surface area contributed by atoms with Crippen LogP contribution in [0.3, 0.4) is 0 Å². The molecule has 0 saturated heterocycles. The van der Waals surface area contributed by atoms with Crippen LogP contribution < -0.4 is 20.7 Å². The lowest BCUT2D eigenvalue weighted by Crippen LogP contribution is -2.29. The molecule has 0 saturated carbocycles. The summed E-state index contributed by atoms with van der Waals surface area (Å²) in [6, 6.07) is 3.43. The number of carbonyl (C=O) groups excluding carboxylic acids is 1. The van der Waals surface area contributed by atoms with E-state index in [1.807, 2.05) is 42.9 Å². The van der Waals surface area contributed by atoms with Crippen LogP contribution in [0.1, 0.15) is 7.79 Å². The summed E-state index contributed by atoms with van der Waals surface area (Å²) in [5.41, 5.74) is 8.21. The van der Waals surface area contributed by atoms with Crippen LogP contribution in [0.25, 0.3) is 0 Å². The number of anilines is 3. The van der Waals surface area contributed by atoms with Crippen LogP contribution in [0, 0.1) is 0 Å². The number of hydrogen-bond donors (Lipinski definition) is 2. The molecule has 0 unspecified atom stereocenters. The van der Waals surface area contributed by atoms with Crippen molar-refractivity contribution in [3.05, 3.63) is 24.3 Å². The molecule has 146 valence electrons. The number of likely N-dealkylation sites (N-methyl/N-ethyl adjacent to an activating group) is 2. The molecule has 0 bridgehead atoms. The summed E-state index contributed by atoms with van der Waals surface area (Å²) in [7, 11) is 9.44. The highest BCUT2D eigenvalue weighted by Gasteiger charge is 2.16. The summed E-state index contributed by atoms with van der Waals surface area (Å²) < 4.78 is 13.2. The number of nitrogen functional groups attached to an aromatic ring is 1. The molecule has 7 nitrogen and oxygen atoms in total. The molecule has 1 aromatic rings. The number of nitrogens with zero attached hydrogens (tertiary/aromatic N) is 3. The smallest absolute Gasteiger partial charge is 0.251 e. The molecule has 26 heavy (non-hydrogen) atoms. The second-order valence-corrected chi connectivity index (χ2v) is 6.79. The van der Waals surface area contributed by atoms with Gasteiger partial charge >= 0.3 is 0 Å². The van der Waals surface area contributed by atoms with Crippen molar-refractivity contribution in [2.45, 2.75) is 6.42 Å². The molecule has 3 N–H and O–H groups in total. The molecule has 0 spiro atoms. The van der Waals surface area contributed by atoms with Crippen molar-refractivity contribution in [3.63, 3.8) is 0 Å². The number of rotatable bonds is 10. The lowest BCUT2D eigenvalue weighted by atomic mass is 10.1. The molecule has 0 aliphatic heterocycles. The van der Waals surface area contributed by atoms with Crippen molar-refractivity contribution in [2.24, 2.45) is 0 Å². The Labute approximate surface area is 158 Å². The molecule has 1 rings (SSSR count). The highest BCUT2D eigenvalue weighted by molar-refractivity contribution is 6.05. The van der Waals surface area contributed by atoms with Crippen molar-refractivity contribution in [3.8, 4) is 5.75 Å². The number of amides is 1. The average Bonchev–Trinajstić information content (AvgIpc) is 2.61. The van der Waals surface area contributed by atoms with Crippen molar-refractivity contribution >= 4 is 23.0 Å². The van der Waals surface area contributed by atoms with Gasteiger partial charge in [-0.3, -0.25) is 4.79 Å². The third-order valence-corrected chi connectivity index (χ3v) is 3.94. The fourth-order valence-corrected chi connectivity index (χ4v) is 2.25. The van der Waals surface area contributed by atoms with E-state index in [4.69, 9.17) is 11.8 Å². The molecule has 7 heteroatoms. The van der Waals surface area contributed by atoms with E-state index in [0.29, 0.717) is 41.4 Å². The molecule has 0 aliphatic carbocycles. The maximum atomic E-state index is 12.5. The highest BCUT2D eigenvalue weighted by atomic mass is 16.5. The Morgan fingerprint density at radius 3 is 2.42 bits per heavy atom. The summed E-state index contributed by atoms with van der Waals surface area (Å²) in [5.74, 6) is 0.262. The monoisotopic (exact) mass is 364 g/mol. The lowest BCUT2D eigenvalue weighted by Gasteiger charge is -2.25. The Morgan fingerprint density at radius 1 is 1.23 bits per heavy atom. The minimum absolute atomic E-state index is 0.0470. The second kappa shape index (κ2) is 10.0. The number of ether oxygens (including phenoxy) is 1. The Hall–Kier alpha value is -2.25. The zero-order valence-corrected chi connectivity index (χ0v) is 16.6. The van der Waals surface area contributed by atoms with E-state index < -0.39 is 0 Å².